The van der Waals surface area contributed by atoms with Crippen LogP contribution in [-0.4, -0.2) is 43.3 Å². The zero-order valence-electron chi connectivity index (χ0n) is 20.9. The van der Waals surface area contributed by atoms with Crippen molar-refractivity contribution < 1.29 is 19.1 Å². The van der Waals surface area contributed by atoms with Crippen LogP contribution in [0, 0.1) is 17.3 Å². The molecule has 0 aliphatic carbocycles. The third-order valence-electron chi connectivity index (χ3n) is 6.28. The molecule has 0 N–H and O–H groups in total. The van der Waals surface area contributed by atoms with Crippen molar-refractivity contribution in [2.75, 3.05) is 26.3 Å². The SMILES string of the molecule is CCCCC(CC)CN(CC(CC)CCCC)C(=O)OCCOC(=O)C(C)(C)CC. The first-order valence-corrected chi connectivity index (χ1v) is 12.3. The summed E-state index contributed by atoms with van der Waals surface area (Å²) in [6, 6.07) is 0. The Bertz CT molecular complexity index is 446. The van der Waals surface area contributed by atoms with E-state index in [4.69, 9.17) is 9.47 Å². The number of hydrogen-bond acceptors (Lipinski definition) is 4. The molecule has 0 aliphatic rings. The fourth-order valence-electron chi connectivity index (χ4n) is 3.38. The highest BCUT2D eigenvalue weighted by Gasteiger charge is 2.27. The minimum Gasteiger partial charge on any atom is -0.462 e. The summed E-state index contributed by atoms with van der Waals surface area (Å²) >= 11 is 0. The monoisotopic (exact) mass is 427 g/mol. The molecule has 0 radical (unpaired) electrons. The number of carbonyl (C=O) groups excluding carboxylic acids is 2. The molecule has 0 heterocycles. The molecule has 0 aromatic rings. The highest BCUT2D eigenvalue weighted by Crippen LogP contribution is 2.22. The maximum Gasteiger partial charge on any atom is 0.409 e. The van der Waals surface area contributed by atoms with Crippen molar-refractivity contribution >= 4 is 12.1 Å². The van der Waals surface area contributed by atoms with E-state index >= 15 is 0 Å². The summed E-state index contributed by atoms with van der Waals surface area (Å²) in [5.41, 5.74) is -0.503. The molecular formula is C25H49NO4. The van der Waals surface area contributed by atoms with Crippen LogP contribution < -0.4 is 0 Å². The minimum absolute atomic E-state index is 0.109. The van der Waals surface area contributed by atoms with Crippen molar-refractivity contribution in [3.05, 3.63) is 0 Å². The second-order valence-corrected chi connectivity index (χ2v) is 9.23. The van der Waals surface area contributed by atoms with Crippen molar-refractivity contribution in [1.29, 1.82) is 0 Å². The quantitative estimate of drug-likeness (QED) is 0.188. The van der Waals surface area contributed by atoms with Gasteiger partial charge in [0.2, 0.25) is 0 Å². The Labute approximate surface area is 186 Å². The molecule has 5 heteroatoms. The fraction of sp³-hybridized carbons (Fsp3) is 0.920. The van der Waals surface area contributed by atoms with Gasteiger partial charge in [-0.15, -0.1) is 0 Å². The van der Waals surface area contributed by atoms with Gasteiger partial charge in [-0.3, -0.25) is 4.79 Å². The molecule has 0 fully saturated rings. The number of hydrogen-bond donors (Lipinski definition) is 0. The van der Waals surface area contributed by atoms with Crippen molar-refractivity contribution in [2.24, 2.45) is 17.3 Å². The Balaban J connectivity index is 4.84. The van der Waals surface area contributed by atoms with E-state index in [0.717, 1.165) is 38.8 Å². The summed E-state index contributed by atoms with van der Waals surface area (Å²) in [5.74, 6) is 0.767. The van der Waals surface area contributed by atoms with Crippen LogP contribution in [0.3, 0.4) is 0 Å². The zero-order chi connectivity index (χ0) is 23.0. The van der Waals surface area contributed by atoms with Crippen LogP contribution in [0.5, 0.6) is 0 Å². The number of unbranched alkanes of at least 4 members (excludes halogenated alkanes) is 2. The molecule has 0 bridgehead atoms. The molecule has 0 aromatic carbocycles. The molecule has 30 heavy (non-hydrogen) atoms. The predicted molar refractivity (Wildman–Crippen MR) is 125 cm³/mol. The number of nitrogens with zero attached hydrogens (tertiary/aromatic N) is 1. The second kappa shape index (κ2) is 16.4. The molecular weight excluding hydrogens is 378 g/mol. The zero-order valence-corrected chi connectivity index (χ0v) is 20.9. The van der Waals surface area contributed by atoms with Crippen LogP contribution in [0.4, 0.5) is 4.79 Å². The van der Waals surface area contributed by atoms with Gasteiger partial charge < -0.3 is 14.4 Å². The third kappa shape index (κ3) is 11.8. The van der Waals surface area contributed by atoms with Crippen molar-refractivity contribution in [3.63, 3.8) is 0 Å². The molecule has 1 amide bonds. The molecule has 0 saturated carbocycles. The van der Waals surface area contributed by atoms with Crippen LogP contribution in [0.25, 0.3) is 0 Å². The number of rotatable bonds is 17. The summed E-state index contributed by atoms with van der Waals surface area (Å²) in [5, 5.41) is 0. The molecule has 5 nitrogen and oxygen atoms in total. The highest BCUT2D eigenvalue weighted by atomic mass is 16.6. The maximum atomic E-state index is 12.9. The Morgan fingerprint density at radius 2 is 1.27 bits per heavy atom. The van der Waals surface area contributed by atoms with Gasteiger partial charge in [0.25, 0.3) is 0 Å². The van der Waals surface area contributed by atoms with Crippen molar-refractivity contribution in [2.45, 2.75) is 106 Å². The van der Waals surface area contributed by atoms with Gasteiger partial charge >= 0.3 is 12.1 Å². The number of amides is 1. The summed E-state index contributed by atoms with van der Waals surface area (Å²) in [6.45, 7) is 16.2. The number of ether oxygens (including phenoxy) is 2. The van der Waals surface area contributed by atoms with Crippen LogP contribution in [0.2, 0.25) is 0 Å². The molecule has 2 atom stereocenters. The lowest BCUT2D eigenvalue weighted by molar-refractivity contribution is -0.155. The molecule has 2 unspecified atom stereocenters. The summed E-state index contributed by atoms with van der Waals surface area (Å²) in [4.78, 5) is 26.8. The molecule has 0 aromatic heterocycles. The van der Waals surface area contributed by atoms with E-state index < -0.39 is 5.41 Å². The van der Waals surface area contributed by atoms with E-state index in [2.05, 4.69) is 27.7 Å². The molecule has 178 valence electrons. The van der Waals surface area contributed by atoms with Gasteiger partial charge in [0.15, 0.2) is 0 Å². The lowest BCUT2D eigenvalue weighted by Crippen LogP contribution is -2.39. The smallest absolute Gasteiger partial charge is 0.409 e. The molecule has 0 spiro atoms. The first kappa shape index (κ1) is 28.7. The van der Waals surface area contributed by atoms with E-state index in [1.54, 1.807) is 0 Å². The maximum absolute atomic E-state index is 12.9. The molecule has 0 rings (SSSR count). The number of carbonyl (C=O) groups is 2. The van der Waals surface area contributed by atoms with Gasteiger partial charge in [-0.1, -0.05) is 73.1 Å². The van der Waals surface area contributed by atoms with Gasteiger partial charge in [-0.05, 0) is 44.9 Å². The van der Waals surface area contributed by atoms with E-state index in [9.17, 15) is 9.59 Å². The van der Waals surface area contributed by atoms with E-state index in [1.807, 2.05) is 25.7 Å². The summed E-state index contributed by atoms with van der Waals surface area (Å²) < 4.78 is 10.8. The van der Waals surface area contributed by atoms with E-state index in [0.29, 0.717) is 18.3 Å². The molecule has 0 saturated heterocycles. The highest BCUT2D eigenvalue weighted by molar-refractivity contribution is 5.75. The normalized spacial score (nSPS) is 13.6. The van der Waals surface area contributed by atoms with Gasteiger partial charge in [-0.25, -0.2) is 4.79 Å². The van der Waals surface area contributed by atoms with Crippen LogP contribution in [0.15, 0.2) is 0 Å². The third-order valence-corrected chi connectivity index (χ3v) is 6.28. The van der Waals surface area contributed by atoms with Crippen LogP contribution in [-0.2, 0) is 14.3 Å². The second-order valence-electron chi connectivity index (χ2n) is 9.23. The van der Waals surface area contributed by atoms with E-state index in [1.165, 1.54) is 25.7 Å². The largest absolute Gasteiger partial charge is 0.462 e. The minimum atomic E-state index is -0.503. The summed E-state index contributed by atoms with van der Waals surface area (Å²) in [6.07, 6.45) is 9.60. The van der Waals surface area contributed by atoms with Crippen molar-refractivity contribution in [3.8, 4) is 0 Å². The predicted octanol–water partition coefficient (Wildman–Crippen LogP) is 6.84. The van der Waals surface area contributed by atoms with Crippen LogP contribution in [0.1, 0.15) is 106 Å². The lowest BCUT2D eigenvalue weighted by atomic mass is 9.91. The Morgan fingerprint density at radius 3 is 1.67 bits per heavy atom. The fourth-order valence-corrected chi connectivity index (χ4v) is 3.38. The Morgan fingerprint density at radius 1 is 0.800 bits per heavy atom. The average molecular weight is 428 g/mol. The van der Waals surface area contributed by atoms with Crippen LogP contribution >= 0.6 is 0 Å². The first-order chi connectivity index (χ1) is 14.2. The van der Waals surface area contributed by atoms with E-state index in [-0.39, 0.29) is 25.3 Å². The van der Waals surface area contributed by atoms with Gasteiger partial charge in [-0.2, -0.15) is 0 Å². The topological polar surface area (TPSA) is 55.8 Å². The Hall–Kier alpha value is -1.26. The van der Waals surface area contributed by atoms with Gasteiger partial charge in [0.05, 0.1) is 5.41 Å². The van der Waals surface area contributed by atoms with Gasteiger partial charge in [0.1, 0.15) is 13.2 Å². The van der Waals surface area contributed by atoms with Crippen molar-refractivity contribution in [1.82, 2.24) is 4.90 Å². The lowest BCUT2D eigenvalue weighted by Gasteiger charge is -2.30. The summed E-state index contributed by atoms with van der Waals surface area (Å²) in [7, 11) is 0. The van der Waals surface area contributed by atoms with Gasteiger partial charge in [0, 0.05) is 13.1 Å². The number of esters is 1. The Kier molecular flexibility index (Phi) is 15.7. The first-order valence-electron chi connectivity index (χ1n) is 12.3. The molecule has 0 aliphatic heterocycles. The standard InChI is InChI=1S/C25H49NO4/c1-8-13-15-21(10-3)19-26(20-22(11-4)16-14-9-2)24(28)30-18-17-29-23(27)25(6,7)12-5/h21-22H,8-20H2,1-7H3. The average Bonchev–Trinajstić information content (AvgIpc) is 2.75.